The van der Waals surface area contributed by atoms with Crippen LogP contribution >= 0.6 is 0 Å². The normalized spacial score (nSPS) is 12.2. The summed E-state index contributed by atoms with van der Waals surface area (Å²) in [6.45, 7) is 1.86. The van der Waals surface area contributed by atoms with E-state index >= 15 is 0 Å². The van der Waals surface area contributed by atoms with Gasteiger partial charge in [0.05, 0.1) is 7.11 Å². The van der Waals surface area contributed by atoms with Crippen LogP contribution in [0.25, 0.3) is 0 Å². The van der Waals surface area contributed by atoms with Crippen molar-refractivity contribution in [1.29, 1.82) is 0 Å². The minimum absolute atomic E-state index is 0.211. The smallest absolute Gasteiger partial charge is 0.322 e. The van der Waals surface area contributed by atoms with Gasteiger partial charge in [-0.25, -0.2) is 0 Å². The lowest BCUT2D eigenvalue weighted by Gasteiger charge is -2.11. The lowest BCUT2D eigenvalue weighted by Crippen LogP contribution is -2.33. The van der Waals surface area contributed by atoms with Crippen molar-refractivity contribution in [1.82, 2.24) is 0 Å². The van der Waals surface area contributed by atoms with E-state index in [1.54, 1.807) is 18.2 Å². The van der Waals surface area contributed by atoms with E-state index in [0.29, 0.717) is 6.42 Å². The van der Waals surface area contributed by atoms with E-state index in [9.17, 15) is 9.90 Å². The Hall–Kier alpha value is -1.55. The van der Waals surface area contributed by atoms with Crippen LogP contribution < -0.4 is 5.73 Å². The zero-order chi connectivity index (χ0) is 11.4. The molecular weight excluding hydrogens is 194 g/mol. The highest BCUT2D eigenvalue weighted by atomic mass is 16.5. The average molecular weight is 209 g/mol. The van der Waals surface area contributed by atoms with Gasteiger partial charge in [-0.1, -0.05) is 6.07 Å². The average Bonchev–Trinajstić information content (AvgIpc) is 2.20. The molecule has 3 N–H and O–H groups in total. The van der Waals surface area contributed by atoms with Crippen molar-refractivity contribution >= 4 is 5.97 Å². The molecule has 1 rings (SSSR count). The fourth-order valence-corrected chi connectivity index (χ4v) is 1.38. The third kappa shape index (κ3) is 2.95. The summed E-state index contributed by atoms with van der Waals surface area (Å²) in [5.74, 6) is -0.217. The van der Waals surface area contributed by atoms with Crippen molar-refractivity contribution in [3.8, 4) is 5.75 Å². The van der Waals surface area contributed by atoms with Crippen LogP contribution in [-0.4, -0.2) is 24.2 Å². The molecular formula is C11H15NO3. The van der Waals surface area contributed by atoms with Gasteiger partial charge < -0.3 is 15.6 Å². The Labute approximate surface area is 88.7 Å². The van der Waals surface area contributed by atoms with Gasteiger partial charge in [-0.2, -0.15) is 0 Å². The summed E-state index contributed by atoms with van der Waals surface area (Å²) >= 11 is 0. The monoisotopic (exact) mass is 209 g/mol. The summed E-state index contributed by atoms with van der Waals surface area (Å²) in [7, 11) is 1.31. The molecule has 4 nitrogen and oxygen atoms in total. The second kappa shape index (κ2) is 4.79. The van der Waals surface area contributed by atoms with E-state index in [4.69, 9.17) is 5.73 Å². The Kier molecular flexibility index (Phi) is 3.68. The summed E-state index contributed by atoms with van der Waals surface area (Å²) in [6, 6.07) is 4.32. The van der Waals surface area contributed by atoms with Crippen molar-refractivity contribution < 1.29 is 14.6 Å². The Morgan fingerprint density at radius 1 is 1.60 bits per heavy atom. The highest BCUT2D eigenvalue weighted by Crippen LogP contribution is 2.16. The van der Waals surface area contributed by atoms with Gasteiger partial charge in [-0.15, -0.1) is 0 Å². The number of carbonyl (C=O) groups is 1. The van der Waals surface area contributed by atoms with Gasteiger partial charge in [0.15, 0.2) is 0 Å². The van der Waals surface area contributed by atoms with Crippen LogP contribution in [0.15, 0.2) is 18.2 Å². The number of aromatic hydroxyl groups is 1. The van der Waals surface area contributed by atoms with Crippen LogP contribution in [0, 0.1) is 6.92 Å². The summed E-state index contributed by atoms with van der Waals surface area (Å²) in [5.41, 5.74) is 7.48. The lowest BCUT2D eigenvalue weighted by atomic mass is 10.0. The largest absolute Gasteiger partial charge is 0.508 e. The predicted octanol–water partition coefficient (Wildman–Crippen LogP) is 0.743. The lowest BCUT2D eigenvalue weighted by molar-refractivity contribution is -0.142. The van der Waals surface area contributed by atoms with Crippen LogP contribution in [0.4, 0.5) is 0 Å². The molecule has 0 aromatic heterocycles. The number of ether oxygens (including phenoxy) is 1. The molecule has 1 aromatic carbocycles. The van der Waals surface area contributed by atoms with E-state index in [1.807, 2.05) is 6.92 Å². The molecule has 0 fully saturated rings. The van der Waals surface area contributed by atoms with Gasteiger partial charge >= 0.3 is 5.97 Å². The number of esters is 1. The number of hydrogen-bond donors (Lipinski definition) is 2. The maximum absolute atomic E-state index is 11.1. The number of nitrogens with two attached hydrogens (primary N) is 1. The van der Waals surface area contributed by atoms with Crippen LogP contribution in [-0.2, 0) is 16.0 Å². The zero-order valence-corrected chi connectivity index (χ0v) is 8.86. The fraction of sp³-hybridized carbons (Fsp3) is 0.364. The third-order valence-electron chi connectivity index (χ3n) is 2.27. The van der Waals surface area contributed by atoms with Gasteiger partial charge in [0.2, 0.25) is 0 Å². The molecule has 82 valence electrons. The second-order valence-corrected chi connectivity index (χ2v) is 3.44. The van der Waals surface area contributed by atoms with E-state index in [1.165, 1.54) is 7.11 Å². The summed E-state index contributed by atoms with van der Waals surface area (Å²) < 4.78 is 4.53. The summed E-state index contributed by atoms with van der Waals surface area (Å²) in [5, 5.41) is 9.20. The first-order valence-corrected chi connectivity index (χ1v) is 4.66. The highest BCUT2D eigenvalue weighted by molar-refractivity contribution is 5.75. The topological polar surface area (TPSA) is 72.5 Å². The summed E-state index contributed by atoms with van der Waals surface area (Å²) in [6.07, 6.45) is 0.415. The number of methoxy groups -OCH3 is 1. The quantitative estimate of drug-likeness (QED) is 0.720. The molecule has 0 aliphatic rings. The maximum atomic E-state index is 11.1. The van der Waals surface area contributed by atoms with Gasteiger partial charge in [-0.05, 0) is 36.6 Å². The number of phenols is 1. The molecule has 0 spiro atoms. The molecule has 0 unspecified atom stereocenters. The molecule has 0 aliphatic carbocycles. The van der Waals surface area contributed by atoms with Crippen molar-refractivity contribution in [3.63, 3.8) is 0 Å². The minimum atomic E-state index is -0.654. The van der Waals surface area contributed by atoms with Gasteiger partial charge in [0.1, 0.15) is 11.8 Å². The van der Waals surface area contributed by atoms with Crippen molar-refractivity contribution in [3.05, 3.63) is 29.3 Å². The van der Waals surface area contributed by atoms with E-state index in [0.717, 1.165) is 11.1 Å². The zero-order valence-electron chi connectivity index (χ0n) is 8.86. The van der Waals surface area contributed by atoms with Crippen LogP contribution in [0.5, 0.6) is 5.75 Å². The molecule has 0 amide bonds. The standard InChI is InChI=1S/C11H15NO3/c1-7-5-9(13)4-3-8(7)6-10(12)11(14)15-2/h3-5,10,13H,6,12H2,1-2H3/t10-/m1/s1. The Morgan fingerprint density at radius 3 is 2.80 bits per heavy atom. The number of aryl methyl sites for hydroxylation is 1. The van der Waals surface area contributed by atoms with Gasteiger partial charge in [-0.3, -0.25) is 4.79 Å². The SMILES string of the molecule is COC(=O)[C@H](N)Cc1ccc(O)cc1C. The second-order valence-electron chi connectivity index (χ2n) is 3.44. The fourth-order valence-electron chi connectivity index (χ4n) is 1.38. The number of benzene rings is 1. The van der Waals surface area contributed by atoms with Crippen molar-refractivity contribution in [2.45, 2.75) is 19.4 Å². The molecule has 0 saturated carbocycles. The number of carbonyl (C=O) groups excluding carboxylic acids is 1. The number of hydrogen-bond acceptors (Lipinski definition) is 4. The first kappa shape index (κ1) is 11.5. The molecule has 1 aromatic rings. The molecule has 1 atom stereocenters. The molecule has 0 saturated heterocycles. The third-order valence-corrected chi connectivity index (χ3v) is 2.27. The number of phenolic OH excluding ortho intramolecular Hbond substituents is 1. The molecule has 0 bridgehead atoms. The number of rotatable bonds is 3. The molecule has 0 aliphatic heterocycles. The Bertz CT molecular complexity index is 363. The van der Waals surface area contributed by atoms with E-state index in [-0.39, 0.29) is 5.75 Å². The minimum Gasteiger partial charge on any atom is -0.508 e. The van der Waals surface area contributed by atoms with E-state index in [2.05, 4.69) is 4.74 Å². The maximum Gasteiger partial charge on any atom is 0.322 e. The Morgan fingerprint density at radius 2 is 2.27 bits per heavy atom. The highest BCUT2D eigenvalue weighted by Gasteiger charge is 2.15. The molecule has 15 heavy (non-hydrogen) atoms. The van der Waals surface area contributed by atoms with E-state index < -0.39 is 12.0 Å². The Balaban J connectivity index is 2.76. The molecule has 0 radical (unpaired) electrons. The van der Waals surface area contributed by atoms with Crippen LogP contribution in [0.1, 0.15) is 11.1 Å². The first-order valence-electron chi connectivity index (χ1n) is 4.66. The van der Waals surface area contributed by atoms with Crippen molar-refractivity contribution in [2.24, 2.45) is 5.73 Å². The van der Waals surface area contributed by atoms with Gasteiger partial charge in [0.25, 0.3) is 0 Å². The van der Waals surface area contributed by atoms with Crippen molar-refractivity contribution in [2.75, 3.05) is 7.11 Å². The van der Waals surface area contributed by atoms with Crippen LogP contribution in [0.3, 0.4) is 0 Å². The summed E-state index contributed by atoms with van der Waals surface area (Å²) in [4.78, 5) is 11.1. The molecule has 4 heteroatoms. The predicted molar refractivity (Wildman–Crippen MR) is 56.5 cm³/mol. The van der Waals surface area contributed by atoms with Gasteiger partial charge in [0, 0.05) is 0 Å². The van der Waals surface area contributed by atoms with Crippen LogP contribution in [0.2, 0.25) is 0 Å². The first-order chi connectivity index (χ1) is 7.04. The molecule has 0 heterocycles.